The molecule has 0 saturated heterocycles. The first-order valence-electron chi connectivity index (χ1n) is 10.4. The third kappa shape index (κ3) is 6.21. The molecule has 1 atom stereocenters. The molecule has 0 saturated carbocycles. The molecule has 0 radical (unpaired) electrons. The van der Waals surface area contributed by atoms with Crippen LogP contribution >= 0.6 is 0 Å². The van der Waals surface area contributed by atoms with Crippen molar-refractivity contribution in [2.45, 2.75) is 25.9 Å². The summed E-state index contributed by atoms with van der Waals surface area (Å²) in [5.41, 5.74) is 2.73. The lowest BCUT2D eigenvalue weighted by atomic mass is 10.0. The summed E-state index contributed by atoms with van der Waals surface area (Å²) in [5, 5.41) is 6.18. The molecule has 0 aliphatic carbocycles. The van der Waals surface area contributed by atoms with Crippen LogP contribution in [0.5, 0.6) is 0 Å². The smallest absolute Gasteiger partial charge is 0.274 e. The molecule has 0 aliphatic rings. The number of aromatic nitrogens is 1. The standard InChI is InChI=1S/C25H27FN4O2/c1-17(12-19-8-4-5-9-22(19)26)28-16-18-13-20(25(32)30(2)3)15-21(14-18)29-24(31)23-10-6-7-11-27-23/h4-11,13-15,17,28H,12,16H2,1-3H3,(H,29,31)/t17-/m1/s1. The number of carbonyl (C=O) groups excluding carboxylic acids is 2. The van der Waals surface area contributed by atoms with Gasteiger partial charge in [0.25, 0.3) is 11.8 Å². The highest BCUT2D eigenvalue weighted by Crippen LogP contribution is 2.18. The van der Waals surface area contributed by atoms with Crippen molar-refractivity contribution in [1.29, 1.82) is 0 Å². The van der Waals surface area contributed by atoms with Gasteiger partial charge >= 0.3 is 0 Å². The van der Waals surface area contributed by atoms with E-state index in [0.717, 1.165) is 5.56 Å². The van der Waals surface area contributed by atoms with E-state index in [-0.39, 0.29) is 29.4 Å². The van der Waals surface area contributed by atoms with Crippen molar-refractivity contribution in [2.75, 3.05) is 19.4 Å². The Labute approximate surface area is 187 Å². The van der Waals surface area contributed by atoms with Crippen LogP contribution in [0.25, 0.3) is 0 Å². The highest BCUT2D eigenvalue weighted by atomic mass is 19.1. The SMILES string of the molecule is C[C@H](Cc1ccccc1F)NCc1cc(NC(=O)c2ccccn2)cc(C(=O)N(C)C)c1. The van der Waals surface area contributed by atoms with Gasteiger partial charge in [-0.15, -0.1) is 0 Å². The quantitative estimate of drug-likeness (QED) is 0.564. The second-order valence-corrected chi connectivity index (χ2v) is 7.86. The van der Waals surface area contributed by atoms with Crippen molar-refractivity contribution in [1.82, 2.24) is 15.2 Å². The van der Waals surface area contributed by atoms with Crippen LogP contribution in [0.1, 0.15) is 38.9 Å². The summed E-state index contributed by atoms with van der Waals surface area (Å²) in [7, 11) is 3.35. The number of amides is 2. The fraction of sp³-hybridized carbons (Fsp3) is 0.240. The van der Waals surface area contributed by atoms with Gasteiger partial charge in [0, 0.05) is 44.1 Å². The molecule has 0 aliphatic heterocycles. The van der Waals surface area contributed by atoms with Gasteiger partial charge < -0.3 is 15.5 Å². The number of rotatable bonds is 8. The molecule has 1 heterocycles. The zero-order valence-electron chi connectivity index (χ0n) is 18.4. The van der Waals surface area contributed by atoms with E-state index < -0.39 is 0 Å². The molecular formula is C25H27FN4O2. The Hall–Kier alpha value is -3.58. The minimum Gasteiger partial charge on any atom is -0.345 e. The van der Waals surface area contributed by atoms with Crippen LogP contribution in [-0.4, -0.2) is 41.8 Å². The van der Waals surface area contributed by atoms with Crippen LogP contribution in [0.2, 0.25) is 0 Å². The summed E-state index contributed by atoms with van der Waals surface area (Å²) in [6, 6.07) is 17.1. The van der Waals surface area contributed by atoms with Crippen molar-refractivity contribution < 1.29 is 14.0 Å². The van der Waals surface area contributed by atoms with Gasteiger partial charge in [0.15, 0.2) is 0 Å². The van der Waals surface area contributed by atoms with Gasteiger partial charge in [-0.2, -0.15) is 0 Å². The van der Waals surface area contributed by atoms with E-state index in [1.54, 1.807) is 62.8 Å². The molecule has 2 aromatic carbocycles. The van der Waals surface area contributed by atoms with Gasteiger partial charge in [0.2, 0.25) is 0 Å². The van der Waals surface area contributed by atoms with Crippen LogP contribution in [0.4, 0.5) is 10.1 Å². The molecule has 0 unspecified atom stereocenters. The zero-order valence-corrected chi connectivity index (χ0v) is 18.4. The second-order valence-electron chi connectivity index (χ2n) is 7.86. The summed E-state index contributed by atoms with van der Waals surface area (Å²) in [6.07, 6.45) is 2.08. The minimum absolute atomic E-state index is 0.00617. The molecule has 3 rings (SSSR count). The maximum atomic E-state index is 13.9. The molecule has 2 N–H and O–H groups in total. The first-order chi connectivity index (χ1) is 15.3. The summed E-state index contributed by atoms with van der Waals surface area (Å²) >= 11 is 0. The number of nitrogens with zero attached hydrogens (tertiary/aromatic N) is 2. The van der Waals surface area contributed by atoms with Crippen LogP contribution in [0, 0.1) is 5.82 Å². The zero-order chi connectivity index (χ0) is 23.1. The molecule has 0 spiro atoms. The third-order valence-corrected chi connectivity index (χ3v) is 4.94. The van der Waals surface area contributed by atoms with Gasteiger partial charge in [-0.05, 0) is 60.9 Å². The number of anilines is 1. The normalized spacial score (nSPS) is 11.6. The second kappa shape index (κ2) is 10.6. The number of nitrogens with one attached hydrogen (secondary N) is 2. The summed E-state index contributed by atoms with van der Waals surface area (Å²) in [6.45, 7) is 2.43. The molecule has 7 heteroatoms. The van der Waals surface area contributed by atoms with Crippen LogP contribution in [0.15, 0.2) is 66.9 Å². The minimum atomic E-state index is -0.355. The predicted molar refractivity (Wildman–Crippen MR) is 123 cm³/mol. The molecule has 2 amide bonds. The Morgan fingerprint density at radius 2 is 1.81 bits per heavy atom. The first kappa shape index (κ1) is 23.1. The van der Waals surface area contributed by atoms with Crippen molar-refractivity contribution in [3.8, 4) is 0 Å². The number of benzene rings is 2. The van der Waals surface area contributed by atoms with E-state index >= 15 is 0 Å². The Balaban J connectivity index is 1.76. The molecule has 0 bridgehead atoms. The Morgan fingerprint density at radius 3 is 2.50 bits per heavy atom. The maximum Gasteiger partial charge on any atom is 0.274 e. The van der Waals surface area contributed by atoms with Crippen LogP contribution in [0.3, 0.4) is 0 Å². The number of hydrogen-bond acceptors (Lipinski definition) is 4. The number of halogens is 1. The number of pyridine rings is 1. The lowest BCUT2D eigenvalue weighted by molar-refractivity contribution is 0.0827. The van der Waals surface area contributed by atoms with Crippen molar-refractivity contribution in [3.05, 3.63) is 95.1 Å². The summed E-state index contributed by atoms with van der Waals surface area (Å²) in [5.74, 6) is -0.745. The van der Waals surface area contributed by atoms with Gasteiger partial charge in [-0.1, -0.05) is 24.3 Å². The lowest BCUT2D eigenvalue weighted by Crippen LogP contribution is -2.28. The van der Waals surface area contributed by atoms with Gasteiger partial charge in [0.05, 0.1) is 0 Å². The van der Waals surface area contributed by atoms with E-state index in [1.165, 1.54) is 11.0 Å². The van der Waals surface area contributed by atoms with Crippen LogP contribution in [-0.2, 0) is 13.0 Å². The van der Waals surface area contributed by atoms with E-state index in [4.69, 9.17) is 0 Å². The van der Waals surface area contributed by atoms with E-state index in [1.807, 2.05) is 19.1 Å². The molecular weight excluding hydrogens is 407 g/mol. The Kier molecular flexibility index (Phi) is 7.68. The molecule has 3 aromatic rings. The highest BCUT2D eigenvalue weighted by Gasteiger charge is 2.14. The highest BCUT2D eigenvalue weighted by molar-refractivity contribution is 6.04. The van der Waals surface area contributed by atoms with E-state index in [2.05, 4.69) is 15.6 Å². The van der Waals surface area contributed by atoms with Crippen LogP contribution < -0.4 is 10.6 Å². The first-order valence-corrected chi connectivity index (χ1v) is 10.4. The molecule has 1 aromatic heterocycles. The van der Waals surface area contributed by atoms with Gasteiger partial charge in [-0.25, -0.2) is 4.39 Å². The van der Waals surface area contributed by atoms with Gasteiger partial charge in [-0.3, -0.25) is 14.6 Å². The Bertz CT molecular complexity index is 1090. The molecule has 0 fully saturated rings. The monoisotopic (exact) mass is 434 g/mol. The van der Waals surface area contributed by atoms with Crippen molar-refractivity contribution in [2.24, 2.45) is 0 Å². The van der Waals surface area contributed by atoms with E-state index in [0.29, 0.717) is 29.8 Å². The Morgan fingerprint density at radius 1 is 1.06 bits per heavy atom. The maximum absolute atomic E-state index is 13.9. The fourth-order valence-electron chi connectivity index (χ4n) is 3.30. The fourth-order valence-corrected chi connectivity index (χ4v) is 3.30. The summed E-state index contributed by atoms with van der Waals surface area (Å²) in [4.78, 5) is 30.6. The average Bonchev–Trinajstić information content (AvgIpc) is 2.79. The lowest BCUT2D eigenvalue weighted by Gasteiger charge is -2.17. The molecule has 166 valence electrons. The third-order valence-electron chi connectivity index (χ3n) is 4.94. The summed E-state index contributed by atoms with van der Waals surface area (Å²) < 4.78 is 13.9. The number of hydrogen-bond donors (Lipinski definition) is 2. The number of carbonyl (C=O) groups is 2. The molecule has 6 nitrogen and oxygen atoms in total. The largest absolute Gasteiger partial charge is 0.345 e. The van der Waals surface area contributed by atoms with Crippen molar-refractivity contribution >= 4 is 17.5 Å². The predicted octanol–water partition coefficient (Wildman–Crippen LogP) is 3.90. The molecule has 32 heavy (non-hydrogen) atoms. The van der Waals surface area contributed by atoms with Crippen molar-refractivity contribution in [3.63, 3.8) is 0 Å². The average molecular weight is 435 g/mol. The van der Waals surface area contributed by atoms with E-state index in [9.17, 15) is 14.0 Å². The topological polar surface area (TPSA) is 74.3 Å². The van der Waals surface area contributed by atoms with Gasteiger partial charge in [0.1, 0.15) is 11.5 Å².